The van der Waals surface area contributed by atoms with Crippen LogP contribution < -0.4 is 0 Å². The third-order valence-corrected chi connectivity index (χ3v) is 2.42. The van der Waals surface area contributed by atoms with E-state index in [1.165, 1.54) is 0 Å². The van der Waals surface area contributed by atoms with Crippen molar-refractivity contribution in [1.29, 1.82) is 5.26 Å². The number of benzene rings is 1. The van der Waals surface area contributed by atoms with Gasteiger partial charge in [-0.3, -0.25) is 0 Å². The lowest BCUT2D eigenvalue weighted by Crippen LogP contribution is -2.17. The van der Waals surface area contributed by atoms with Crippen LogP contribution in [0.2, 0.25) is 0 Å². The predicted molar refractivity (Wildman–Crippen MR) is 50.7 cm³/mol. The second-order valence-corrected chi connectivity index (χ2v) is 3.53. The number of nitriles is 1. The summed E-state index contributed by atoms with van der Waals surface area (Å²) in [5.41, 5.74) is -5.26. The van der Waals surface area contributed by atoms with Gasteiger partial charge in [-0.1, -0.05) is 6.07 Å². The van der Waals surface area contributed by atoms with E-state index in [1.807, 2.05) is 0 Å². The van der Waals surface area contributed by atoms with E-state index in [-0.39, 0.29) is 0 Å². The lowest BCUT2D eigenvalue weighted by molar-refractivity contribution is -0.143. The highest BCUT2D eigenvalue weighted by Gasteiger charge is 2.42. The number of rotatable bonds is 1. The number of nitrogens with zero attached hydrogens (tertiary/aromatic N) is 1. The Kier molecular flexibility index (Phi) is 3.81. The Morgan fingerprint density at radius 2 is 1.61 bits per heavy atom. The minimum Gasteiger partial charge on any atom is -0.192 e. The fourth-order valence-corrected chi connectivity index (χ4v) is 1.66. The van der Waals surface area contributed by atoms with E-state index in [1.54, 1.807) is 0 Å². The van der Waals surface area contributed by atoms with Gasteiger partial charge >= 0.3 is 12.4 Å². The summed E-state index contributed by atoms with van der Waals surface area (Å²) in [6.07, 6.45) is -10.1. The van der Waals surface area contributed by atoms with Gasteiger partial charge in [-0.05, 0) is 11.6 Å². The maximum absolute atomic E-state index is 12.7. The monoisotopic (exact) mass is 287 g/mol. The topological polar surface area (TPSA) is 23.8 Å². The minimum atomic E-state index is -5.07. The average Bonchev–Trinajstić information content (AvgIpc) is 2.24. The van der Waals surface area contributed by atoms with E-state index in [9.17, 15) is 26.3 Å². The van der Waals surface area contributed by atoms with Crippen LogP contribution in [0.4, 0.5) is 26.3 Å². The first-order chi connectivity index (χ1) is 8.12. The zero-order valence-electron chi connectivity index (χ0n) is 8.45. The van der Waals surface area contributed by atoms with Gasteiger partial charge in [-0.25, -0.2) is 0 Å². The molecule has 0 unspecified atom stereocenters. The van der Waals surface area contributed by atoms with Crippen LogP contribution in [0.5, 0.6) is 0 Å². The molecule has 98 valence electrons. The Morgan fingerprint density at radius 3 is 1.94 bits per heavy atom. The van der Waals surface area contributed by atoms with Gasteiger partial charge in [0.15, 0.2) is 0 Å². The molecule has 0 spiro atoms. The lowest BCUT2D eigenvalue weighted by atomic mass is 9.96. The second-order valence-electron chi connectivity index (χ2n) is 3.26. The molecule has 0 amide bonds. The molecule has 0 bridgehead atoms. The van der Waals surface area contributed by atoms with Gasteiger partial charge in [0.05, 0.1) is 16.7 Å². The molecule has 0 aliphatic rings. The van der Waals surface area contributed by atoms with Gasteiger partial charge in [0, 0.05) is 5.88 Å². The Hall–Kier alpha value is -1.42. The molecule has 0 N–H and O–H groups in total. The van der Waals surface area contributed by atoms with Crippen LogP contribution in [0.25, 0.3) is 0 Å². The highest BCUT2D eigenvalue weighted by molar-refractivity contribution is 6.17. The number of hydrogen-bond acceptors (Lipinski definition) is 1. The summed E-state index contributed by atoms with van der Waals surface area (Å²) in [7, 11) is 0. The average molecular weight is 288 g/mol. The van der Waals surface area contributed by atoms with Crippen LogP contribution >= 0.6 is 11.6 Å². The molecule has 0 aromatic heterocycles. The van der Waals surface area contributed by atoms with Crippen LogP contribution in [-0.4, -0.2) is 0 Å². The van der Waals surface area contributed by atoms with Crippen molar-refractivity contribution in [3.63, 3.8) is 0 Å². The standard InChI is InChI=1S/C10H4ClF6N/c11-3-5-1-2-7(9(12,13)14)6(4-18)8(5)10(15,16)17/h1-2H,3H2. The van der Waals surface area contributed by atoms with Gasteiger partial charge in [0.2, 0.25) is 0 Å². The molecule has 0 heterocycles. The predicted octanol–water partition coefficient (Wildman–Crippen LogP) is 4.33. The minimum absolute atomic E-state index is 0.422. The first kappa shape index (κ1) is 14.6. The summed E-state index contributed by atoms with van der Waals surface area (Å²) in [6, 6.07) is 2.00. The second kappa shape index (κ2) is 4.69. The molecule has 0 saturated carbocycles. The summed E-state index contributed by atoms with van der Waals surface area (Å²) in [5, 5.41) is 8.55. The Labute approximate surface area is 103 Å². The van der Waals surface area contributed by atoms with Crippen molar-refractivity contribution in [3.8, 4) is 6.07 Å². The third kappa shape index (κ3) is 2.70. The van der Waals surface area contributed by atoms with E-state index in [4.69, 9.17) is 16.9 Å². The Bertz CT molecular complexity index is 497. The molecule has 1 aromatic rings. The van der Waals surface area contributed by atoms with E-state index >= 15 is 0 Å². The van der Waals surface area contributed by atoms with Crippen LogP contribution in [0, 0.1) is 11.3 Å². The Morgan fingerprint density at radius 1 is 1.06 bits per heavy atom. The molecule has 0 aliphatic carbocycles. The zero-order chi connectivity index (χ0) is 14.1. The summed E-state index contributed by atoms with van der Waals surface area (Å²) in [4.78, 5) is 0. The maximum Gasteiger partial charge on any atom is 0.418 e. The van der Waals surface area contributed by atoms with Gasteiger partial charge in [-0.15, -0.1) is 11.6 Å². The summed E-state index contributed by atoms with van der Waals surface area (Å²) < 4.78 is 75.5. The van der Waals surface area contributed by atoms with Crippen molar-refractivity contribution < 1.29 is 26.3 Å². The highest BCUT2D eigenvalue weighted by atomic mass is 35.5. The van der Waals surface area contributed by atoms with Gasteiger partial charge in [0.1, 0.15) is 6.07 Å². The van der Waals surface area contributed by atoms with Crippen molar-refractivity contribution in [3.05, 3.63) is 34.4 Å². The lowest BCUT2D eigenvalue weighted by Gasteiger charge is -2.17. The third-order valence-electron chi connectivity index (χ3n) is 2.14. The van der Waals surface area contributed by atoms with Crippen LogP contribution in [-0.2, 0) is 18.2 Å². The van der Waals surface area contributed by atoms with Gasteiger partial charge in [-0.2, -0.15) is 31.6 Å². The summed E-state index contributed by atoms with van der Waals surface area (Å²) in [5.74, 6) is -0.637. The molecule has 0 radical (unpaired) electrons. The van der Waals surface area contributed by atoms with E-state index in [0.717, 1.165) is 6.07 Å². The Balaban J connectivity index is 3.71. The van der Waals surface area contributed by atoms with Crippen LogP contribution in [0.15, 0.2) is 12.1 Å². The normalized spacial score (nSPS) is 12.3. The fraction of sp³-hybridized carbons (Fsp3) is 0.300. The largest absolute Gasteiger partial charge is 0.418 e. The number of halogens is 7. The number of alkyl halides is 7. The highest BCUT2D eigenvalue weighted by Crippen LogP contribution is 2.41. The van der Waals surface area contributed by atoms with Crippen molar-refractivity contribution in [1.82, 2.24) is 0 Å². The first-order valence-corrected chi connectivity index (χ1v) is 4.92. The van der Waals surface area contributed by atoms with Crippen LogP contribution in [0.1, 0.15) is 22.3 Å². The van der Waals surface area contributed by atoms with Crippen LogP contribution in [0.3, 0.4) is 0 Å². The molecular formula is C10H4ClF6N. The fourth-order valence-electron chi connectivity index (χ4n) is 1.43. The molecule has 0 saturated heterocycles. The quantitative estimate of drug-likeness (QED) is 0.557. The molecule has 1 nitrogen and oxygen atoms in total. The van der Waals surface area contributed by atoms with Crippen molar-refractivity contribution in [2.75, 3.05) is 0 Å². The molecule has 1 rings (SSSR count). The molecule has 1 aromatic carbocycles. The van der Waals surface area contributed by atoms with Gasteiger partial charge in [0.25, 0.3) is 0 Å². The van der Waals surface area contributed by atoms with Crippen molar-refractivity contribution in [2.45, 2.75) is 18.2 Å². The molecule has 8 heteroatoms. The summed E-state index contributed by atoms with van der Waals surface area (Å²) >= 11 is 5.24. The molecule has 18 heavy (non-hydrogen) atoms. The van der Waals surface area contributed by atoms with Crippen molar-refractivity contribution >= 4 is 11.6 Å². The number of hydrogen-bond donors (Lipinski definition) is 0. The molecule has 0 fully saturated rings. The van der Waals surface area contributed by atoms with Gasteiger partial charge < -0.3 is 0 Å². The summed E-state index contributed by atoms with van der Waals surface area (Å²) in [6.45, 7) is 0. The van der Waals surface area contributed by atoms with E-state index < -0.39 is 40.5 Å². The van der Waals surface area contributed by atoms with E-state index in [0.29, 0.717) is 12.1 Å². The zero-order valence-corrected chi connectivity index (χ0v) is 9.21. The first-order valence-electron chi connectivity index (χ1n) is 4.39. The van der Waals surface area contributed by atoms with Crippen molar-refractivity contribution in [2.24, 2.45) is 0 Å². The molecule has 0 aliphatic heterocycles. The smallest absolute Gasteiger partial charge is 0.192 e. The maximum atomic E-state index is 12.7. The molecule has 0 atom stereocenters. The SMILES string of the molecule is N#Cc1c(C(F)(F)F)ccc(CCl)c1C(F)(F)F. The van der Waals surface area contributed by atoms with E-state index in [2.05, 4.69) is 0 Å². The molecular weight excluding hydrogens is 284 g/mol.